The second-order valence-corrected chi connectivity index (χ2v) is 11.7. The quantitative estimate of drug-likeness (QED) is 0.308. The number of quaternary nitrogens is 1. The summed E-state index contributed by atoms with van der Waals surface area (Å²) in [7, 11) is 9.07. The van der Waals surface area contributed by atoms with Crippen LogP contribution in [0.25, 0.3) is 10.2 Å². The van der Waals surface area contributed by atoms with Gasteiger partial charge in [-0.15, -0.1) is 11.3 Å². The van der Waals surface area contributed by atoms with Crippen LogP contribution >= 0.6 is 11.3 Å². The van der Waals surface area contributed by atoms with Gasteiger partial charge in [-0.3, -0.25) is 9.59 Å². The Morgan fingerprint density at radius 1 is 1.05 bits per heavy atom. The lowest BCUT2D eigenvalue weighted by atomic mass is 9.80. The zero-order chi connectivity index (χ0) is 27.7. The van der Waals surface area contributed by atoms with E-state index in [0.717, 1.165) is 27.9 Å². The Labute approximate surface area is 224 Å². The third-order valence-corrected chi connectivity index (χ3v) is 7.65. The molecule has 1 aromatic heterocycles. The Balaban J connectivity index is 1.51. The Morgan fingerprint density at radius 2 is 1.71 bits per heavy atom. The number of hydrogen-bond donors (Lipinski definition) is 1. The van der Waals surface area contributed by atoms with Gasteiger partial charge in [-0.1, -0.05) is 0 Å². The van der Waals surface area contributed by atoms with Crippen molar-refractivity contribution in [3.8, 4) is 11.5 Å². The van der Waals surface area contributed by atoms with E-state index in [-0.39, 0.29) is 25.8 Å². The second kappa shape index (κ2) is 10.8. The van der Waals surface area contributed by atoms with E-state index in [1.54, 1.807) is 7.11 Å². The number of ether oxygens (including phenoxy) is 3. The van der Waals surface area contributed by atoms with Gasteiger partial charge in [0.15, 0.2) is 23.1 Å². The lowest BCUT2D eigenvalue weighted by molar-refractivity contribution is -0.870. The Morgan fingerprint density at radius 3 is 2.29 bits per heavy atom. The number of likely N-dealkylation sites (N-methyl/N-ethyl adjacent to an activating group) is 1. The summed E-state index contributed by atoms with van der Waals surface area (Å²) in [4.78, 5) is 30.3. The van der Waals surface area contributed by atoms with Crippen LogP contribution in [-0.2, 0) is 33.7 Å². The fraction of sp³-hybridized carbons (Fsp3) is 0.444. The molecule has 1 heterocycles. The third kappa shape index (κ3) is 6.05. The van der Waals surface area contributed by atoms with E-state index in [9.17, 15) is 18.4 Å². The average molecular weight is 549 g/mol. The normalized spacial score (nSPS) is 14.3. The van der Waals surface area contributed by atoms with Crippen LogP contribution < -0.4 is 14.8 Å². The van der Waals surface area contributed by atoms with Crippen molar-refractivity contribution >= 4 is 33.4 Å². The Kier molecular flexibility index (Phi) is 7.89. The molecule has 0 saturated carbocycles. The largest absolute Gasteiger partial charge is 0.493 e. The highest BCUT2D eigenvalue weighted by Gasteiger charge is 2.46. The molecule has 0 bridgehead atoms. The molecule has 4 rings (SSSR count). The van der Waals surface area contributed by atoms with Crippen LogP contribution in [0, 0.1) is 17.0 Å². The van der Waals surface area contributed by atoms with E-state index in [1.165, 1.54) is 18.4 Å². The number of halogens is 2. The van der Waals surface area contributed by atoms with Gasteiger partial charge in [-0.05, 0) is 36.1 Å². The molecule has 0 radical (unpaired) electrons. The van der Waals surface area contributed by atoms with Gasteiger partial charge in [0.1, 0.15) is 18.2 Å². The highest BCUT2D eigenvalue weighted by Crippen LogP contribution is 2.41. The number of thiazole rings is 1. The molecule has 0 unspecified atom stereocenters. The van der Waals surface area contributed by atoms with Gasteiger partial charge in [0, 0.05) is 12.1 Å². The van der Waals surface area contributed by atoms with Crippen LogP contribution in [0.1, 0.15) is 22.6 Å². The van der Waals surface area contributed by atoms with E-state index < -0.39 is 28.9 Å². The molecule has 204 valence electrons. The van der Waals surface area contributed by atoms with E-state index in [2.05, 4.69) is 31.4 Å². The second-order valence-electron chi connectivity index (χ2n) is 10.5. The maximum Gasteiger partial charge on any atom is 0.306 e. The summed E-state index contributed by atoms with van der Waals surface area (Å²) in [6, 6.07) is 5.87. The molecule has 8 nitrogen and oxygen atoms in total. The minimum atomic E-state index is -1.21. The maximum absolute atomic E-state index is 13.8. The Bertz CT molecular complexity index is 1340. The molecule has 0 spiro atoms. The predicted octanol–water partition coefficient (Wildman–Crippen LogP) is 3.63. The number of carbonyl (C=O) groups excluding carboxylic acids is 2. The lowest BCUT2D eigenvalue weighted by Gasteiger charge is -2.26. The van der Waals surface area contributed by atoms with Gasteiger partial charge < -0.3 is 24.0 Å². The van der Waals surface area contributed by atoms with Gasteiger partial charge in [0.25, 0.3) is 0 Å². The zero-order valence-corrected chi connectivity index (χ0v) is 23.0. The van der Waals surface area contributed by atoms with Crippen LogP contribution in [0.4, 0.5) is 8.78 Å². The van der Waals surface area contributed by atoms with Gasteiger partial charge in [-0.25, -0.2) is 13.8 Å². The van der Waals surface area contributed by atoms with Crippen LogP contribution in [0.2, 0.25) is 0 Å². The van der Waals surface area contributed by atoms with Crippen LogP contribution in [0.3, 0.4) is 0 Å². The first-order chi connectivity index (χ1) is 17.9. The first kappa shape index (κ1) is 27.7. The fourth-order valence-corrected chi connectivity index (χ4v) is 5.49. The molecular weight excluding hydrogens is 516 g/mol. The summed E-state index contributed by atoms with van der Waals surface area (Å²) >= 11 is 1.40. The molecule has 1 N–H and O–H groups in total. The summed E-state index contributed by atoms with van der Waals surface area (Å²) in [5.74, 6) is -1.75. The molecule has 0 aliphatic heterocycles. The number of rotatable bonds is 10. The van der Waals surface area contributed by atoms with E-state index in [0.29, 0.717) is 39.8 Å². The van der Waals surface area contributed by atoms with Crippen molar-refractivity contribution in [2.45, 2.75) is 25.8 Å². The smallest absolute Gasteiger partial charge is 0.306 e. The van der Waals surface area contributed by atoms with Gasteiger partial charge in [0.05, 0.1) is 64.0 Å². The van der Waals surface area contributed by atoms with Crippen molar-refractivity contribution in [2.75, 3.05) is 48.5 Å². The highest BCUT2D eigenvalue weighted by molar-refractivity contribution is 7.18. The van der Waals surface area contributed by atoms with Crippen molar-refractivity contribution in [1.82, 2.24) is 10.3 Å². The van der Waals surface area contributed by atoms with Crippen LogP contribution in [0.5, 0.6) is 11.5 Å². The number of nitrogens with zero attached hydrogens (tertiary/aromatic N) is 2. The van der Waals surface area contributed by atoms with Crippen molar-refractivity contribution in [3.05, 3.63) is 52.0 Å². The molecule has 0 fully saturated rings. The number of fused-ring (bicyclic) bond motifs is 2. The number of methoxy groups -OCH3 is 2. The molecule has 3 aromatic rings. The molecule has 1 aliphatic rings. The maximum atomic E-state index is 13.8. The average Bonchev–Trinajstić information content (AvgIpc) is 3.41. The van der Waals surface area contributed by atoms with Crippen LogP contribution in [-0.4, -0.2) is 69.9 Å². The summed E-state index contributed by atoms with van der Waals surface area (Å²) in [6.45, 7) is 1.45. The fourth-order valence-electron chi connectivity index (χ4n) is 4.57. The monoisotopic (exact) mass is 548 g/mol. The standard InChI is InChI=1S/C27H31F2N3O5S/c1-32(2,3)6-7-37-22-10-20-23(11-21(22)35-4)38-24(31-20)15-30-26(34)27(14-25(33)36-5)12-16-8-18(28)19(29)9-17(16)13-27/h8-11H,6-7,12-15H2,1-5H3/p+1. The van der Waals surface area contributed by atoms with Crippen molar-refractivity contribution in [2.24, 2.45) is 5.41 Å². The lowest BCUT2D eigenvalue weighted by Crippen LogP contribution is -2.43. The van der Waals surface area contributed by atoms with Gasteiger partial charge in [0.2, 0.25) is 5.91 Å². The van der Waals surface area contributed by atoms with Crippen molar-refractivity contribution in [1.29, 1.82) is 0 Å². The first-order valence-corrected chi connectivity index (χ1v) is 13.0. The number of hydrogen-bond acceptors (Lipinski definition) is 7. The molecule has 0 atom stereocenters. The number of esters is 1. The number of benzene rings is 2. The summed E-state index contributed by atoms with van der Waals surface area (Å²) in [5.41, 5.74) is 0.520. The summed E-state index contributed by atoms with van der Waals surface area (Å²) in [5, 5.41) is 3.53. The highest BCUT2D eigenvalue weighted by atomic mass is 32.1. The molecule has 0 saturated heterocycles. The minimum absolute atomic E-state index is 0.103. The van der Waals surface area contributed by atoms with Crippen LogP contribution in [0.15, 0.2) is 24.3 Å². The summed E-state index contributed by atoms with van der Waals surface area (Å²) in [6.07, 6.45) is -0.00471. The third-order valence-electron chi connectivity index (χ3n) is 6.63. The SMILES string of the molecule is COC(=O)CC1(C(=O)NCc2nc3cc(OCC[N+](C)(C)C)c(OC)cc3s2)Cc2cc(F)c(F)cc2C1. The van der Waals surface area contributed by atoms with E-state index in [1.807, 2.05) is 12.1 Å². The number of carbonyl (C=O) groups is 2. The minimum Gasteiger partial charge on any atom is -0.493 e. The molecule has 1 aliphatic carbocycles. The van der Waals surface area contributed by atoms with Gasteiger partial charge in [-0.2, -0.15) is 0 Å². The topological polar surface area (TPSA) is 86.8 Å². The molecule has 38 heavy (non-hydrogen) atoms. The Hall–Kier alpha value is -3.31. The molecule has 11 heteroatoms. The van der Waals surface area contributed by atoms with Gasteiger partial charge >= 0.3 is 5.97 Å². The first-order valence-electron chi connectivity index (χ1n) is 12.2. The predicted molar refractivity (Wildman–Crippen MR) is 139 cm³/mol. The molecule has 1 amide bonds. The molecular formula is C27H32F2N3O5S+. The number of aromatic nitrogens is 1. The van der Waals surface area contributed by atoms with Crippen molar-refractivity contribution in [3.63, 3.8) is 0 Å². The van der Waals surface area contributed by atoms with E-state index >= 15 is 0 Å². The van der Waals surface area contributed by atoms with E-state index in [4.69, 9.17) is 14.2 Å². The zero-order valence-electron chi connectivity index (χ0n) is 22.2. The number of nitrogens with one attached hydrogen (secondary N) is 1. The number of amides is 1. The summed E-state index contributed by atoms with van der Waals surface area (Å²) < 4.78 is 45.6. The van der Waals surface area contributed by atoms with Crippen molar-refractivity contribution < 1.29 is 37.1 Å². The molecule has 2 aromatic carbocycles.